The number of carbonyl (C=O) groups is 1. The Labute approximate surface area is 125 Å². The van der Waals surface area contributed by atoms with Crippen LogP contribution in [0.1, 0.15) is 32.3 Å². The number of carbonyl (C=O) groups excluding carboxylic acids is 1. The predicted molar refractivity (Wildman–Crippen MR) is 82.5 cm³/mol. The minimum Gasteiger partial charge on any atom is -0.368 e. The molecule has 1 saturated heterocycles. The highest BCUT2D eigenvalue weighted by molar-refractivity contribution is 5.84. The second kappa shape index (κ2) is 6.89. The van der Waals surface area contributed by atoms with Crippen LogP contribution in [0.25, 0.3) is 0 Å². The van der Waals surface area contributed by atoms with Crippen LogP contribution in [0, 0.1) is 11.7 Å². The average Bonchev–Trinajstić information content (AvgIpc) is 2.87. The zero-order valence-corrected chi connectivity index (χ0v) is 12.7. The van der Waals surface area contributed by atoms with Crippen LogP contribution in [0.4, 0.5) is 10.1 Å². The lowest BCUT2D eigenvalue weighted by Crippen LogP contribution is -2.41. The molecule has 1 aromatic rings. The van der Waals surface area contributed by atoms with Gasteiger partial charge >= 0.3 is 0 Å². The number of nitrogens with zero attached hydrogens (tertiary/aromatic N) is 1. The number of para-hydroxylation sites is 1. The van der Waals surface area contributed by atoms with Gasteiger partial charge in [0.1, 0.15) is 11.9 Å². The van der Waals surface area contributed by atoms with E-state index in [4.69, 9.17) is 5.73 Å². The molecule has 4 nitrogen and oxygen atoms in total. The highest BCUT2D eigenvalue weighted by Gasteiger charge is 2.32. The Hall–Kier alpha value is -1.62. The smallest absolute Gasteiger partial charge is 0.240 e. The number of benzene rings is 1. The van der Waals surface area contributed by atoms with Gasteiger partial charge in [0.05, 0.1) is 5.69 Å². The quantitative estimate of drug-likeness (QED) is 0.843. The van der Waals surface area contributed by atoms with Gasteiger partial charge < -0.3 is 16.0 Å². The molecule has 0 spiro atoms. The summed E-state index contributed by atoms with van der Waals surface area (Å²) in [6, 6.07) is 4.66. The molecule has 1 atom stereocenters. The highest BCUT2D eigenvalue weighted by Crippen LogP contribution is 2.31. The van der Waals surface area contributed by atoms with Crippen molar-refractivity contribution >= 4 is 11.6 Å². The van der Waals surface area contributed by atoms with Gasteiger partial charge in [0.15, 0.2) is 0 Å². The van der Waals surface area contributed by atoms with E-state index in [2.05, 4.69) is 19.2 Å². The lowest BCUT2D eigenvalue weighted by Gasteiger charge is -2.27. The lowest BCUT2D eigenvalue weighted by atomic mass is 10.1. The molecule has 0 bridgehead atoms. The molecular weight excluding hydrogens is 269 g/mol. The monoisotopic (exact) mass is 293 g/mol. The molecule has 3 N–H and O–H groups in total. The summed E-state index contributed by atoms with van der Waals surface area (Å²) in [6.07, 6.45) is 1.56. The third-order valence-corrected chi connectivity index (χ3v) is 3.81. The van der Waals surface area contributed by atoms with Gasteiger partial charge in [-0.3, -0.25) is 4.79 Å². The minimum absolute atomic E-state index is 0.285. The summed E-state index contributed by atoms with van der Waals surface area (Å²) in [6.45, 7) is 6.39. The number of halogens is 1. The van der Waals surface area contributed by atoms with Crippen LogP contribution in [0.15, 0.2) is 18.2 Å². The Morgan fingerprint density at radius 1 is 1.52 bits per heavy atom. The normalized spacial score (nSPS) is 18.5. The van der Waals surface area contributed by atoms with Crippen LogP contribution < -0.4 is 16.0 Å². The Bertz CT molecular complexity index is 504. The van der Waals surface area contributed by atoms with E-state index in [1.54, 1.807) is 6.07 Å². The molecule has 116 valence electrons. The van der Waals surface area contributed by atoms with Crippen LogP contribution in [0.2, 0.25) is 0 Å². The molecule has 2 rings (SSSR count). The third-order valence-electron chi connectivity index (χ3n) is 3.81. The van der Waals surface area contributed by atoms with E-state index in [0.717, 1.165) is 18.5 Å². The average molecular weight is 293 g/mol. The topological polar surface area (TPSA) is 58.4 Å². The summed E-state index contributed by atoms with van der Waals surface area (Å²) < 4.78 is 14.3. The first-order valence-corrected chi connectivity index (χ1v) is 7.54. The molecule has 21 heavy (non-hydrogen) atoms. The Kier molecular flexibility index (Phi) is 5.17. The molecule has 0 aromatic heterocycles. The zero-order chi connectivity index (χ0) is 15.4. The van der Waals surface area contributed by atoms with E-state index in [9.17, 15) is 9.18 Å². The second-order valence-corrected chi connectivity index (χ2v) is 6.03. The largest absolute Gasteiger partial charge is 0.368 e. The van der Waals surface area contributed by atoms with Crippen molar-refractivity contribution in [2.45, 2.75) is 39.3 Å². The summed E-state index contributed by atoms with van der Waals surface area (Å²) in [4.78, 5) is 13.4. The van der Waals surface area contributed by atoms with Crippen molar-refractivity contribution in [2.75, 3.05) is 18.0 Å². The van der Waals surface area contributed by atoms with E-state index < -0.39 is 6.04 Å². The summed E-state index contributed by atoms with van der Waals surface area (Å²) in [5.41, 5.74) is 6.85. The molecule has 1 amide bonds. The molecule has 1 aliphatic heterocycles. The predicted octanol–water partition coefficient (Wildman–Crippen LogP) is 2.03. The van der Waals surface area contributed by atoms with Gasteiger partial charge in [0, 0.05) is 13.1 Å². The van der Waals surface area contributed by atoms with Crippen molar-refractivity contribution in [3.8, 4) is 0 Å². The minimum atomic E-state index is -0.397. The number of anilines is 1. The first-order chi connectivity index (χ1) is 10.0. The van der Waals surface area contributed by atoms with Gasteiger partial charge in [-0.25, -0.2) is 4.39 Å². The molecular formula is C16H24FN3O. The fraction of sp³-hybridized carbons (Fsp3) is 0.562. The molecule has 5 heteroatoms. The van der Waals surface area contributed by atoms with Crippen LogP contribution in [-0.4, -0.2) is 25.0 Å². The molecule has 1 unspecified atom stereocenters. The molecule has 0 saturated carbocycles. The van der Waals surface area contributed by atoms with E-state index in [1.165, 1.54) is 6.07 Å². The van der Waals surface area contributed by atoms with Crippen molar-refractivity contribution < 1.29 is 9.18 Å². The first kappa shape index (κ1) is 15.8. The number of nitrogens with one attached hydrogen (secondary N) is 1. The zero-order valence-electron chi connectivity index (χ0n) is 12.7. The maximum atomic E-state index is 14.3. The standard InChI is InChI=1S/C16H24FN3O/c1-11(2)9-19-10-12-5-3-6-13(17)15(12)20-8-4-7-14(20)16(18)21/h3,5-6,11,14,19H,4,7-10H2,1-2H3,(H2,18,21). The Balaban J connectivity index is 2.23. The van der Waals surface area contributed by atoms with Crippen LogP contribution in [0.3, 0.4) is 0 Å². The van der Waals surface area contributed by atoms with E-state index in [1.807, 2.05) is 11.0 Å². The maximum absolute atomic E-state index is 14.3. The van der Waals surface area contributed by atoms with Gasteiger partial charge in [-0.1, -0.05) is 26.0 Å². The SMILES string of the molecule is CC(C)CNCc1cccc(F)c1N1CCCC1C(N)=O. The first-order valence-electron chi connectivity index (χ1n) is 7.54. The summed E-state index contributed by atoms with van der Waals surface area (Å²) in [5.74, 6) is -0.129. The van der Waals surface area contributed by atoms with Crippen LogP contribution >= 0.6 is 0 Å². The fourth-order valence-corrected chi connectivity index (χ4v) is 2.85. The number of nitrogens with two attached hydrogens (primary N) is 1. The molecule has 1 fully saturated rings. The van der Waals surface area contributed by atoms with Crippen molar-refractivity contribution in [3.63, 3.8) is 0 Å². The van der Waals surface area contributed by atoms with Gasteiger partial charge in [-0.2, -0.15) is 0 Å². The van der Waals surface area contributed by atoms with Gasteiger partial charge in [0.25, 0.3) is 0 Å². The Morgan fingerprint density at radius 2 is 2.29 bits per heavy atom. The molecule has 0 radical (unpaired) electrons. The molecule has 0 aliphatic carbocycles. The molecule has 1 heterocycles. The Morgan fingerprint density at radius 3 is 2.95 bits per heavy atom. The maximum Gasteiger partial charge on any atom is 0.240 e. The molecule has 1 aromatic carbocycles. The number of amides is 1. The van der Waals surface area contributed by atoms with Crippen molar-refractivity contribution in [3.05, 3.63) is 29.6 Å². The highest BCUT2D eigenvalue weighted by atomic mass is 19.1. The van der Waals surface area contributed by atoms with Crippen LogP contribution in [-0.2, 0) is 11.3 Å². The lowest BCUT2D eigenvalue weighted by molar-refractivity contribution is -0.119. The van der Waals surface area contributed by atoms with Gasteiger partial charge in [-0.05, 0) is 36.9 Å². The summed E-state index contributed by atoms with van der Waals surface area (Å²) >= 11 is 0. The fourth-order valence-electron chi connectivity index (χ4n) is 2.85. The van der Waals surface area contributed by atoms with Crippen molar-refractivity contribution in [2.24, 2.45) is 11.7 Å². The van der Waals surface area contributed by atoms with E-state index in [0.29, 0.717) is 31.1 Å². The number of hydrogen-bond donors (Lipinski definition) is 2. The van der Waals surface area contributed by atoms with Gasteiger partial charge in [0.2, 0.25) is 5.91 Å². The summed E-state index contributed by atoms with van der Waals surface area (Å²) in [5, 5.41) is 3.33. The van der Waals surface area contributed by atoms with Crippen LogP contribution in [0.5, 0.6) is 0 Å². The van der Waals surface area contributed by atoms with E-state index in [-0.39, 0.29) is 11.7 Å². The van der Waals surface area contributed by atoms with Crippen molar-refractivity contribution in [1.29, 1.82) is 0 Å². The number of rotatable bonds is 6. The van der Waals surface area contributed by atoms with Gasteiger partial charge in [-0.15, -0.1) is 0 Å². The summed E-state index contributed by atoms with van der Waals surface area (Å²) in [7, 11) is 0. The van der Waals surface area contributed by atoms with Crippen molar-refractivity contribution in [1.82, 2.24) is 5.32 Å². The molecule has 1 aliphatic rings. The number of primary amides is 1. The van der Waals surface area contributed by atoms with E-state index >= 15 is 0 Å². The third kappa shape index (κ3) is 3.73. The second-order valence-electron chi connectivity index (χ2n) is 6.03. The number of hydrogen-bond acceptors (Lipinski definition) is 3.